The van der Waals surface area contributed by atoms with Gasteiger partial charge in [-0.1, -0.05) is 60.7 Å². The van der Waals surface area contributed by atoms with E-state index < -0.39 is 0 Å². The van der Waals surface area contributed by atoms with Gasteiger partial charge >= 0.3 is 0 Å². The lowest BCUT2D eigenvalue weighted by Crippen LogP contribution is -2.27. The Morgan fingerprint density at radius 2 is 0.886 bits per heavy atom. The Bertz CT molecular complexity index is 1550. The first-order valence-corrected chi connectivity index (χ1v) is 12.6. The summed E-state index contributed by atoms with van der Waals surface area (Å²) < 4.78 is 0. The van der Waals surface area contributed by atoms with Crippen LogP contribution in [0.1, 0.15) is 22.5 Å². The summed E-state index contributed by atoms with van der Waals surface area (Å²) in [5.74, 6) is 0.403. The van der Waals surface area contributed by atoms with Crippen molar-refractivity contribution in [2.45, 2.75) is 13.1 Å². The zero-order valence-corrected chi connectivity index (χ0v) is 26.5. The molecular weight excluding hydrogens is 642 g/mol. The molecule has 0 atom stereocenters. The molecule has 5 aromatic rings. The van der Waals surface area contributed by atoms with Crippen molar-refractivity contribution in [2.75, 3.05) is 0 Å². The Morgan fingerprint density at radius 1 is 0.545 bits per heavy atom. The summed E-state index contributed by atoms with van der Waals surface area (Å²) in [6, 6.07) is 27.5. The normalized spacial score (nSPS) is 11.4. The van der Waals surface area contributed by atoms with Crippen LogP contribution in [0.3, 0.4) is 0 Å². The minimum absolute atomic E-state index is 0. The van der Waals surface area contributed by atoms with Gasteiger partial charge in [-0.25, -0.2) is 20.8 Å². The molecule has 0 radical (unpaired) electrons. The molecule has 0 aliphatic carbocycles. The molecule has 3 aromatic carbocycles. The summed E-state index contributed by atoms with van der Waals surface area (Å²) in [5.41, 5.74) is 21.2. The van der Waals surface area contributed by atoms with Crippen molar-refractivity contribution in [3.63, 3.8) is 0 Å². The fraction of sp³-hybridized carbons (Fsp3) is 0.0667. The molecule has 2 heterocycles. The highest BCUT2D eigenvalue weighted by atomic mass is 35.5. The van der Waals surface area contributed by atoms with Crippen molar-refractivity contribution in [2.24, 2.45) is 31.7 Å². The lowest BCUT2D eigenvalue weighted by molar-refractivity contribution is 0.936. The van der Waals surface area contributed by atoms with E-state index in [-0.39, 0.29) is 61.5 Å². The molecule has 0 aliphatic heterocycles. The van der Waals surface area contributed by atoms with E-state index in [2.05, 4.69) is 65.3 Å². The number of hydrogen-bond donors (Lipinski definition) is 4. The summed E-state index contributed by atoms with van der Waals surface area (Å²) in [4.78, 5) is 17.1. The van der Waals surface area contributed by atoms with Crippen LogP contribution < -0.4 is 22.3 Å². The summed E-state index contributed by atoms with van der Waals surface area (Å²) >= 11 is 0. The molecule has 0 unspecified atom stereocenters. The summed E-state index contributed by atoms with van der Waals surface area (Å²) in [6.07, 6.45) is 6.96. The van der Waals surface area contributed by atoms with E-state index in [9.17, 15) is 0 Å². The molecule has 0 saturated carbocycles. The Hall–Kier alpha value is -4.48. The molecule has 230 valence electrons. The summed E-state index contributed by atoms with van der Waals surface area (Å²) in [6.45, 7) is 0.725. The SMILES string of the molecule is Cl.Cl.Cl.Cl.NC(=NCc1ccccn1)N/N=C/c1c2ccccc2c(/C=N/NC(N)=NCc2ccccn2)c2ccccc12. The number of guanidine groups is 2. The van der Waals surface area contributed by atoms with Crippen molar-refractivity contribution in [3.05, 3.63) is 120 Å². The molecule has 6 N–H and O–H groups in total. The second-order valence-electron chi connectivity index (χ2n) is 8.70. The Morgan fingerprint density at radius 3 is 1.20 bits per heavy atom. The second kappa shape index (κ2) is 18.9. The highest BCUT2D eigenvalue weighted by molar-refractivity contribution is 6.21. The molecule has 44 heavy (non-hydrogen) atoms. The molecule has 14 heteroatoms. The summed E-state index contributed by atoms with van der Waals surface area (Å²) in [7, 11) is 0. The average Bonchev–Trinajstić information content (AvgIpc) is 3.01. The molecule has 0 fully saturated rings. The second-order valence-corrected chi connectivity index (χ2v) is 8.70. The third-order valence-electron chi connectivity index (χ3n) is 6.04. The van der Waals surface area contributed by atoms with Gasteiger partial charge in [-0.3, -0.25) is 9.97 Å². The van der Waals surface area contributed by atoms with Crippen LogP contribution in [-0.4, -0.2) is 34.3 Å². The molecule has 0 aliphatic rings. The van der Waals surface area contributed by atoms with Crippen LogP contribution in [0.4, 0.5) is 0 Å². The van der Waals surface area contributed by atoms with Crippen LogP contribution >= 0.6 is 49.6 Å². The number of rotatable bonds is 8. The van der Waals surface area contributed by atoms with Gasteiger partial charge in [0.1, 0.15) is 0 Å². The van der Waals surface area contributed by atoms with Gasteiger partial charge < -0.3 is 11.5 Å². The van der Waals surface area contributed by atoms with E-state index in [0.29, 0.717) is 13.1 Å². The van der Waals surface area contributed by atoms with Crippen LogP contribution in [0.25, 0.3) is 21.5 Å². The van der Waals surface area contributed by atoms with E-state index >= 15 is 0 Å². The van der Waals surface area contributed by atoms with E-state index in [4.69, 9.17) is 11.5 Å². The predicted molar refractivity (Wildman–Crippen MR) is 191 cm³/mol. The number of aromatic nitrogens is 2. The van der Waals surface area contributed by atoms with Crippen molar-refractivity contribution in [1.29, 1.82) is 0 Å². The quantitative estimate of drug-likeness (QED) is 0.0755. The van der Waals surface area contributed by atoms with Crippen molar-refractivity contribution in [3.8, 4) is 0 Å². The topological polar surface area (TPSA) is 151 Å². The number of hydrogen-bond acceptors (Lipinski definition) is 6. The van der Waals surface area contributed by atoms with Gasteiger partial charge in [0.2, 0.25) is 11.9 Å². The molecule has 0 saturated heterocycles. The number of nitrogens with zero attached hydrogens (tertiary/aromatic N) is 6. The van der Waals surface area contributed by atoms with Crippen molar-refractivity contribution < 1.29 is 0 Å². The maximum atomic E-state index is 6.02. The molecule has 0 bridgehead atoms. The number of hydrazone groups is 2. The van der Waals surface area contributed by atoms with Crippen molar-refractivity contribution in [1.82, 2.24) is 20.8 Å². The van der Waals surface area contributed by atoms with Gasteiger partial charge in [-0.2, -0.15) is 10.2 Å². The number of aliphatic imine (C=N–C) groups is 2. The minimum atomic E-state index is 0. The van der Waals surface area contributed by atoms with Gasteiger partial charge in [0, 0.05) is 23.5 Å². The Kier molecular flexibility index (Phi) is 16.2. The maximum absolute atomic E-state index is 6.02. The van der Waals surface area contributed by atoms with E-state index in [1.807, 2.05) is 60.7 Å². The number of nitrogens with two attached hydrogens (primary N) is 2. The first-order chi connectivity index (χ1) is 19.7. The lowest BCUT2D eigenvalue weighted by atomic mass is 9.92. The van der Waals surface area contributed by atoms with Gasteiger partial charge in [0.05, 0.1) is 36.9 Å². The van der Waals surface area contributed by atoms with Gasteiger partial charge in [-0.15, -0.1) is 49.6 Å². The number of halogens is 4. The standard InChI is InChI=1S/C30H28N10.4ClH/c31-29(35-17-21-9-5-7-15-33-21)39-37-19-27-23-11-1-2-12-24(23)28(26-14-4-3-13-25(26)27)20-38-40-30(32)36-18-22-10-6-8-16-34-22;;;;/h1-16,19-20H,17-18H2,(H3,31,35,39)(H3,32,36,40);4*1H/b37-19+,38-20+;;;;. The number of nitrogens with one attached hydrogen (secondary N) is 2. The highest BCUT2D eigenvalue weighted by Crippen LogP contribution is 2.31. The van der Waals surface area contributed by atoms with Gasteiger partial charge in [0.15, 0.2) is 0 Å². The fourth-order valence-electron chi connectivity index (χ4n) is 4.19. The number of benzene rings is 3. The molecule has 2 aromatic heterocycles. The molecule has 10 nitrogen and oxygen atoms in total. The maximum Gasteiger partial charge on any atom is 0.209 e. The molecule has 0 amide bonds. The van der Waals surface area contributed by atoms with E-state index in [1.54, 1.807) is 24.8 Å². The van der Waals surface area contributed by atoms with Crippen molar-refractivity contribution >= 4 is 95.5 Å². The molecular formula is C30H32Cl4N10. The first kappa shape index (κ1) is 37.5. The largest absolute Gasteiger partial charge is 0.369 e. The first-order valence-electron chi connectivity index (χ1n) is 12.6. The molecule has 0 spiro atoms. The third kappa shape index (κ3) is 9.78. The zero-order chi connectivity index (χ0) is 27.6. The van der Waals surface area contributed by atoms with Gasteiger partial charge in [0.25, 0.3) is 0 Å². The van der Waals surface area contributed by atoms with Crippen LogP contribution in [0.2, 0.25) is 0 Å². The number of pyridine rings is 2. The zero-order valence-electron chi connectivity index (χ0n) is 23.3. The molecule has 5 rings (SSSR count). The highest BCUT2D eigenvalue weighted by Gasteiger charge is 2.11. The fourth-order valence-corrected chi connectivity index (χ4v) is 4.19. The summed E-state index contributed by atoms with van der Waals surface area (Å²) in [5, 5.41) is 12.8. The minimum Gasteiger partial charge on any atom is -0.369 e. The smallest absolute Gasteiger partial charge is 0.209 e. The Balaban J connectivity index is 0.00000242. The van der Waals surface area contributed by atoms with E-state index in [1.165, 1.54) is 0 Å². The monoisotopic (exact) mass is 672 g/mol. The van der Waals surface area contributed by atoms with Crippen LogP contribution in [0, 0.1) is 0 Å². The van der Waals surface area contributed by atoms with Crippen LogP contribution in [-0.2, 0) is 13.1 Å². The lowest BCUT2D eigenvalue weighted by Gasteiger charge is -2.12. The van der Waals surface area contributed by atoms with Gasteiger partial charge in [-0.05, 0) is 45.8 Å². The van der Waals surface area contributed by atoms with Crippen LogP contribution in [0.5, 0.6) is 0 Å². The van der Waals surface area contributed by atoms with Crippen LogP contribution in [0.15, 0.2) is 118 Å². The Labute approximate surface area is 279 Å². The van der Waals surface area contributed by atoms with E-state index in [0.717, 1.165) is 44.1 Å². The average molecular weight is 674 g/mol. The predicted octanol–water partition coefficient (Wildman–Crippen LogP) is 5.35. The number of fused-ring (bicyclic) bond motifs is 2. The third-order valence-corrected chi connectivity index (χ3v) is 6.04.